The zero-order valence-electron chi connectivity index (χ0n) is 15.0. The van der Waals surface area contributed by atoms with Crippen LogP contribution in [0.2, 0.25) is 0 Å². The zero-order valence-corrected chi connectivity index (χ0v) is 15.0. The fourth-order valence-electron chi connectivity index (χ4n) is 3.01. The van der Waals surface area contributed by atoms with Gasteiger partial charge >= 0.3 is 0 Å². The Morgan fingerprint density at radius 1 is 0.850 bits per heavy atom. The van der Waals surface area contributed by atoms with Crippen molar-refractivity contribution in [2.24, 2.45) is 16.7 Å². The van der Waals surface area contributed by atoms with Gasteiger partial charge in [0.15, 0.2) is 0 Å². The third-order valence-electron chi connectivity index (χ3n) is 4.43. The van der Waals surface area contributed by atoms with E-state index in [-0.39, 0.29) is 5.41 Å². The summed E-state index contributed by atoms with van der Waals surface area (Å²) in [6, 6.07) is 0. The second-order valence-corrected chi connectivity index (χ2v) is 8.58. The molecule has 0 aromatic carbocycles. The molecule has 0 saturated carbocycles. The Morgan fingerprint density at radius 3 is 1.95 bits per heavy atom. The van der Waals surface area contributed by atoms with Crippen LogP contribution in [-0.4, -0.2) is 0 Å². The maximum Gasteiger partial charge on any atom is 0.000717 e. The minimum absolute atomic E-state index is 0.287. The number of rotatable bonds is 6. The Balaban J connectivity index is 2.69. The lowest BCUT2D eigenvalue weighted by atomic mass is 9.80. The van der Waals surface area contributed by atoms with Crippen molar-refractivity contribution in [2.45, 2.75) is 87.0 Å². The Morgan fingerprint density at radius 2 is 1.45 bits per heavy atom. The van der Waals surface area contributed by atoms with Crippen molar-refractivity contribution in [3.63, 3.8) is 0 Å². The van der Waals surface area contributed by atoms with Crippen LogP contribution in [0.1, 0.15) is 87.0 Å². The Kier molecular flexibility index (Phi) is 6.10. The van der Waals surface area contributed by atoms with Gasteiger partial charge in [0.05, 0.1) is 0 Å². The predicted molar refractivity (Wildman–Crippen MR) is 91.9 cm³/mol. The van der Waals surface area contributed by atoms with Crippen LogP contribution in [0, 0.1) is 16.7 Å². The van der Waals surface area contributed by atoms with E-state index in [0.29, 0.717) is 11.3 Å². The molecule has 0 heterocycles. The van der Waals surface area contributed by atoms with Crippen molar-refractivity contribution in [3.8, 4) is 0 Å². The molecule has 0 aliphatic heterocycles. The van der Waals surface area contributed by atoms with Crippen molar-refractivity contribution in [1.29, 1.82) is 0 Å². The summed E-state index contributed by atoms with van der Waals surface area (Å²) in [6.07, 6.45) is 13.3. The lowest BCUT2D eigenvalue weighted by Gasteiger charge is -2.25. The smallest absolute Gasteiger partial charge is 0.000717 e. The monoisotopic (exact) mass is 276 g/mol. The van der Waals surface area contributed by atoms with Crippen LogP contribution >= 0.6 is 0 Å². The fraction of sp³-hybridized carbons (Fsp3) is 0.800. The van der Waals surface area contributed by atoms with E-state index in [0.717, 1.165) is 0 Å². The van der Waals surface area contributed by atoms with E-state index >= 15 is 0 Å². The number of hydrogen-bond donors (Lipinski definition) is 0. The van der Waals surface area contributed by atoms with Gasteiger partial charge in [0, 0.05) is 5.92 Å². The maximum absolute atomic E-state index is 2.56. The highest BCUT2D eigenvalue weighted by Crippen LogP contribution is 2.44. The molecule has 116 valence electrons. The lowest BCUT2D eigenvalue weighted by molar-refractivity contribution is 0.344. The van der Waals surface area contributed by atoms with Crippen molar-refractivity contribution in [2.75, 3.05) is 0 Å². The van der Waals surface area contributed by atoms with Gasteiger partial charge in [-0.3, -0.25) is 0 Å². The van der Waals surface area contributed by atoms with E-state index in [9.17, 15) is 0 Å². The molecule has 1 aliphatic rings. The molecule has 0 radical (unpaired) electrons. The van der Waals surface area contributed by atoms with Crippen molar-refractivity contribution < 1.29 is 0 Å². The molecular formula is C20H36. The molecule has 20 heavy (non-hydrogen) atoms. The normalized spacial score (nSPS) is 20.1. The average Bonchev–Trinajstić information content (AvgIpc) is 2.72. The summed E-state index contributed by atoms with van der Waals surface area (Å²) in [5.41, 5.74) is 3.87. The Labute approximate surface area is 127 Å². The van der Waals surface area contributed by atoms with Gasteiger partial charge in [-0.1, -0.05) is 86.3 Å². The highest BCUT2D eigenvalue weighted by Gasteiger charge is 2.31. The standard InChI is InChI=1S/C20H36/c1-8-9-10-11-12-13-16-14-17(19(2,3)4)15-18(16)20(5,6)7/h14-15,17H,8-13H2,1-7H3. The first-order chi connectivity index (χ1) is 9.16. The molecule has 0 spiro atoms. The van der Waals surface area contributed by atoms with Crippen molar-refractivity contribution in [3.05, 3.63) is 23.3 Å². The number of allylic oxidation sites excluding steroid dienone is 4. The van der Waals surface area contributed by atoms with Gasteiger partial charge in [0.2, 0.25) is 0 Å². The third-order valence-corrected chi connectivity index (χ3v) is 4.43. The van der Waals surface area contributed by atoms with Crippen molar-refractivity contribution in [1.82, 2.24) is 0 Å². The summed E-state index contributed by atoms with van der Waals surface area (Å²) < 4.78 is 0. The molecule has 0 aromatic heterocycles. The van der Waals surface area contributed by atoms with Crippen LogP contribution in [-0.2, 0) is 0 Å². The van der Waals surface area contributed by atoms with Crippen LogP contribution in [0.4, 0.5) is 0 Å². The largest absolute Gasteiger partial charge is 0.0736 e. The highest BCUT2D eigenvalue weighted by atomic mass is 14.4. The van der Waals surface area contributed by atoms with Crippen LogP contribution in [0.25, 0.3) is 0 Å². The van der Waals surface area contributed by atoms with E-state index in [2.05, 4.69) is 60.6 Å². The first-order valence-corrected chi connectivity index (χ1v) is 8.59. The molecule has 1 rings (SSSR count). The molecule has 0 saturated heterocycles. The minimum Gasteiger partial charge on any atom is -0.0736 e. The molecule has 1 aliphatic carbocycles. The van der Waals surface area contributed by atoms with Crippen molar-refractivity contribution >= 4 is 0 Å². The van der Waals surface area contributed by atoms with Gasteiger partial charge in [-0.15, -0.1) is 0 Å². The Bertz CT molecular complexity index is 354. The molecule has 1 atom stereocenters. The third kappa shape index (κ3) is 5.11. The SMILES string of the molecule is CCCCCCCC1=CC(C(C)(C)C)C=C1C(C)(C)C. The van der Waals surface area contributed by atoms with Gasteiger partial charge in [-0.25, -0.2) is 0 Å². The summed E-state index contributed by atoms with van der Waals surface area (Å²) in [6.45, 7) is 16.4. The summed E-state index contributed by atoms with van der Waals surface area (Å²) in [7, 11) is 0. The van der Waals surface area contributed by atoms with E-state index in [1.807, 2.05) is 0 Å². The van der Waals surface area contributed by atoms with Crippen LogP contribution in [0.5, 0.6) is 0 Å². The first kappa shape index (κ1) is 17.5. The zero-order chi connectivity index (χ0) is 15.4. The molecule has 0 aromatic rings. The van der Waals surface area contributed by atoms with Gasteiger partial charge in [-0.05, 0) is 34.8 Å². The summed E-state index contributed by atoms with van der Waals surface area (Å²) in [5, 5.41) is 0. The van der Waals surface area contributed by atoms with E-state index in [1.165, 1.54) is 38.5 Å². The second kappa shape index (κ2) is 6.96. The molecule has 0 nitrogen and oxygen atoms in total. The number of unbranched alkanes of at least 4 members (excludes halogenated alkanes) is 4. The summed E-state index contributed by atoms with van der Waals surface area (Å²) >= 11 is 0. The quantitative estimate of drug-likeness (QED) is 0.462. The Hall–Kier alpha value is -0.520. The van der Waals surface area contributed by atoms with E-state index in [4.69, 9.17) is 0 Å². The predicted octanol–water partition coefficient (Wildman–Crippen LogP) is 6.92. The molecular weight excluding hydrogens is 240 g/mol. The minimum atomic E-state index is 0.287. The second-order valence-electron chi connectivity index (χ2n) is 8.58. The van der Waals surface area contributed by atoms with Gasteiger partial charge < -0.3 is 0 Å². The molecule has 1 unspecified atom stereocenters. The molecule has 0 amide bonds. The highest BCUT2D eigenvalue weighted by molar-refractivity contribution is 5.43. The molecule has 0 bridgehead atoms. The number of hydrogen-bond acceptors (Lipinski definition) is 0. The topological polar surface area (TPSA) is 0 Å². The summed E-state index contributed by atoms with van der Waals surface area (Å²) in [5.74, 6) is 0.613. The van der Waals surface area contributed by atoms with Crippen LogP contribution in [0.15, 0.2) is 23.3 Å². The lowest BCUT2D eigenvalue weighted by Crippen LogP contribution is -2.15. The average molecular weight is 277 g/mol. The van der Waals surface area contributed by atoms with Gasteiger partial charge in [-0.2, -0.15) is 0 Å². The first-order valence-electron chi connectivity index (χ1n) is 8.59. The van der Waals surface area contributed by atoms with E-state index < -0.39 is 0 Å². The molecule has 0 N–H and O–H groups in total. The molecule has 0 heteroatoms. The van der Waals surface area contributed by atoms with Gasteiger partial charge in [0.1, 0.15) is 0 Å². The van der Waals surface area contributed by atoms with Crippen LogP contribution in [0.3, 0.4) is 0 Å². The summed E-state index contributed by atoms with van der Waals surface area (Å²) in [4.78, 5) is 0. The van der Waals surface area contributed by atoms with E-state index in [1.54, 1.807) is 11.1 Å². The fourth-order valence-corrected chi connectivity index (χ4v) is 3.01. The molecule has 0 fully saturated rings. The van der Waals surface area contributed by atoms with Crippen LogP contribution < -0.4 is 0 Å². The van der Waals surface area contributed by atoms with Gasteiger partial charge in [0.25, 0.3) is 0 Å². The maximum atomic E-state index is 2.56.